The second-order valence-electron chi connectivity index (χ2n) is 5.23. The lowest BCUT2D eigenvalue weighted by atomic mass is 9.95. The zero-order chi connectivity index (χ0) is 9.60. The maximum Gasteiger partial charge on any atom is 0.0980 e. The van der Waals surface area contributed by atoms with Crippen LogP contribution in [0.5, 0.6) is 0 Å². The molecule has 3 aliphatic rings. The van der Waals surface area contributed by atoms with Crippen molar-refractivity contribution in [3.8, 4) is 0 Å². The fourth-order valence-electron chi connectivity index (χ4n) is 3.07. The number of rotatable bonds is 3. The van der Waals surface area contributed by atoms with E-state index in [4.69, 9.17) is 4.74 Å². The Balaban J connectivity index is 1.65. The summed E-state index contributed by atoms with van der Waals surface area (Å²) < 4.78 is 5.75. The van der Waals surface area contributed by atoms with Gasteiger partial charge in [-0.3, -0.25) is 4.90 Å². The quantitative estimate of drug-likeness (QED) is 0.703. The van der Waals surface area contributed by atoms with Crippen LogP contribution in [0, 0.1) is 11.8 Å². The third-order valence-electron chi connectivity index (χ3n) is 4.15. The van der Waals surface area contributed by atoms with Crippen molar-refractivity contribution in [3.05, 3.63) is 0 Å². The molecular formula is C11H20N2O. The number of nitrogens with zero attached hydrogens (tertiary/aromatic N) is 1. The second-order valence-corrected chi connectivity index (χ2v) is 5.23. The van der Waals surface area contributed by atoms with Gasteiger partial charge in [-0.25, -0.2) is 0 Å². The topological polar surface area (TPSA) is 24.5 Å². The maximum absolute atomic E-state index is 5.75. The highest BCUT2D eigenvalue weighted by atomic mass is 16.5. The largest absolute Gasteiger partial charge is 0.375 e. The zero-order valence-electron chi connectivity index (χ0n) is 8.96. The van der Waals surface area contributed by atoms with E-state index in [-0.39, 0.29) is 5.60 Å². The Morgan fingerprint density at radius 1 is 1.50 bits per heavy atom. The number of methoxy groups -OCH3 is 1. The molecule has 2 unspecified atom stereocenters. The smallest absolute Gasteiger partial charge is 0.0980 e. The minimum atomic E-state index is 0.148. The van der Waals surface area contributed by atoms with E-state index >= 15 is 0 Å². The number of hydrogen-bond donors (Lipinski definition) is 1. The fraction of sp³-hybridized carbons (Fsp3) is 1.00. The Kier molecular flexibility index (Phi) is 2.08. The summed E-state index contributed by atoms with van der Waals surface area (Å²) in [6.07, 6.45) is 2.92. The summed E-state index contributed by atoms with van der Waals surface area (Å²) in [6.45, 7) is 5.92. The van der Waals surface area contributed by atoms with E-state index in [9.17, 15) is 0 Å². The fourth-order valence-corrected chi connectivity index (χ4v) is 3.07. The van der Waals surface area contributed by atoms with E-state index in [0.29, 0.717) is 0 Å². The van der Waals surface area contributed by atoms with E-state index in [1.54, 1.807) is 0 Å². The third kappa shape index (κ3) is 1.38. The molecule has 3 rings (SSSR count). The number of fused-ring (bicyclic) bond motifs is 1. The molecular weight excluding hydrogens is 176 g/mol. The number of ether oxygens (including phenoxy) is 1. The normalized spacial score (nSPS) is 43.1. The van der Waals surface area contributed by atoms with Gasteiger partial charge in [0, 0.05) is 45.8 Å². The highest BCUT2D eigenvalue weighted by molar-refractivity contribution is 5.05. The third-order valence-corrected chi connectivity index (χ3v) is 4.15. The Hall–Kier alpha value is -0.120. The molecule has 14 heavy (non-hydrogen) atoms. The van der Waals surface area contributed by atoms with Gasteiger partial charge in [0.05, 0.1) is 5.60 Å². The van der Waals surface area contributed by atoms with Crippen molar-refractivity contribution in [2.24, 2.45) is 11.8 Å². The van der Waals surface area contributed by atoms with E-state index in [1.807, 2.05) is 7.11 Å². The summed E-state index contributed by atoms with van der Waals surface area (Å²) in [6, 6.07) is 0. The minimum Gasteiger partial charge on any atom is -0.375 e. The van der Waals surface area contributed by atoms with E-state index in [1.165, 1.54) is 25.9 Å². The standard InChI is InChI=1S/C11H20N2O/c1-14-11-7-12-4-10(11)6-13(8-11)5-9-2-3-9/h9-10,12H,2-8H2,1H3. The van der Waals surface area contributed by atoms with Gasteiger partial charge < -0.3 is 10.1 Å². The van der Waals surface area contributed by atoms with Gasteiger partial charge in [-0.2, -0.15) is 0 Å². The first kappa shape index (κ1) is 9.13. The van der Waals surface area contributed by atoms with Gasteiger partial charge in [0.15, 0.2) is 0 Å². The highest BCUT2D eigenvalue weighted by Crippen LogP contribution is 2.37. The number of hydrogen-bond acceptors (Lipinski definition) is 3. The summed E-state index contributed by atoms with van der Waals surface area (Å²) in [7, 11) is 1.88. The Morgan fingerprint density at radius 2 is 2.36 bits per heavy atom. The van der Waals surface area contributed by atoms with Gasteiger partial charge in [0.2, 0.25) is 0 Å². The molecule has 80 valence electrons. The molecule has 0 aromatic rings. The van der Waals surface area contributed by atoms with Crippen molar-refractivity contribution in [2.45, 2.75) is 18.4 Å². The van der Waals surface area contributed by atoms with Crippen molar-refractivity contribution in [1.82, 2.24) is 10.2 Å². The summed E-state index contributed by atoms with van der Waals surface area (Å²) in [5, 5.41) is 3.45. The molecule has 1 saturated carbocycles. The second kappa shape index (κ2) is 3.19. The van der Waals surface area contributed by atoms with Crippen LogP contribution in [0.25, 0.3) is 0 Å². The first-order valence-corrected chi connectivity index (χ1v) is 5.81. The van der Waals surface area contributed by atoms with Gasteiger partial charge in [0.1, 0.15) is 0 Å². The van der Waals surface area contributed by atoms with Crippen LogP contribution >= 0.6 is 0 Å². The average molecular weight is 196 g/mol. The Labute approximate surface area is 85.8 Å². The SMILES string of the molecule is COC12CNCC1CN(CC1CC1)C2. The lowest BCUT2D eigenvalue weighted by molar-refractivity contribution is -0.00587. The van der Waals surface area contributed by atoms with Crippen LogP contribution < -0.4 is 5.32 Å². The lowest BCUT2D eigenvalue weighted by Crippen LogP contribution is -2.41. The van der Waals surface area contributed by atoms with Gasteiger partial charge in [-0.15, -0.1) is 0 Å². The molecule has 1 aliphatic carbocycles. The van der Waals surface area contributed by atoms with Gasteiger partial charge in [-0.05, 0) is 18.8 Å². The average Bonchev–Trinajstić information content (AvgIpc) is 2.76. The molecule has 2 aliphatic heterocycles. The van der Waals surface area contributed by atoms with Crippen molar-refractivity contribution >= 4 is 0 Å². The molecule has 0 aromatic heterocycles. The molecule has 3 nitrogen and oxygen atoms in total. The van der Waals surface area contributed by atoms with E-state index in [2.05, 4.69) is 10.2 Å². The maximum atomic E-state index is 5.75. The first-order valence-electron chi connectivity index (χ1n) is 5.81. The van der Waals surface area contributed by atoms with Crippen LogP contribution in [0.15, 0.2) is 0 Å². The van der Waals surface area contributed by atoms with Crippen LogP contribution in [-0.2, 0) is 4.74 Å². The van der Waals surface area contributed by atoms with Crippen LogP contribution in [0.4, 0.5) is 0 Å². The van der Waals surface area contributed by atoms with Crippen molar-refractivity contribution < 1.29 is 4.74 Å². The molecule has 3 fully saturated rings. The van der Waals surface area contributed by atoms with Crippen molar-refractivity contribution in [2.75, 3.05) is 39.8 Å². The van der Waals surface area contributed by atoms with Crippen LogP contribution in [0.1, 0.15) is 12.8 Å². The molecule has 3 heteroatoms. The van der Waals surface area contributed by atoms with Crippen LogP contribution in [0.3, 0.4) is 0 Å². The Morgan fingerprint density at radius 3 is 3.00 bits per heavy atom. The first-order chi connectivity index (χ1) is 6.82. The van der Waals surface area contributed by atoms with Crippen molar-refractivity contribution in [1.29, 1.82) is 0 Å². The molecule has 0 bridgehead atoms. The minimum absolute atomic E-state index is 0.148. The predicted octanol–water partition coefficient (Wildman–Crippen LogP) is 0.317. The molecule has 2 heterocycles. The molecule has 2 saturated heterocycles. The zero-order valence-corrected chi connectivity index (χ0v) is 8.96. The molecule has 0 aromatic carbocycles. The highest BCUT2D eigenvalue weighted by Gasteiger charge is 2.50. The molecule has 0 radical (unpaired) electrons. The summed E-state index contributed by atoms with van der Waals surface area (Å²) in [5.74, 6) is 1.74. The lowest BCUT2D eigenvalue weighted by Gasteiger charge is -2.26. The van der Waals surface area contributed by atoms with Crippen molar-refractivity contribution in [3.63, 3.8) is 0 Å². The molecule has 0 spiro atoms. The van der Waals surface area contributed by atoms with Gasteiger partial charge >= 0.3 is 0 Å². The van der Waals surface area contributed by atoms with Gasteiger partial charge in [0.25, 0.3) is 0 Å². The molecule has 0 amide bonds. The van der Waals surface area contributed by atoms with Crippen LogP contribution in [0.2, 0.25) is 0 Å². The van der Waals surface area contributed by atoms with E-state index < -0.39 is 0 Å². The summed E-state index contributed by atoms with van der Waals surface area (Å²) >= 11 is 0. The monoisotopic (exact) mass is 196 g/mol. The summed E-state index contributed by atoms with van der Waals surface area (Å²) in [5.41, 5.74) is 0.148. The Bertz CT molecular complexity index is 229. The summed E-state index contributed by atoms with van der Waals surface area (Å²) in [4.78, 5) is 2.62. The molecule has 2 atom stereocenters. The van der Waals surface area contributed by atoms with E-state index in [0.717, 1.165) is 31.5 Å². The van der Waals surface area contributed by atoms with Crippen LogP contribution in [-0.4, -0.2) is 50.3 Å². The number of likely N-dealkylation sites (tertiary alicyclic amines) is 1. The number of nitrogens with one attached hydrogen (secondary N) is 1. The predicted molar refractivity (Wildman–Crippen MR) is 55.3 cm³/mol. The van der Waals surface area contributed by atoms with Gasteiger partial charge in [-0.1, -0.05) is 0 Å². The molecule has 1 N–H and O–H groups in total.